The molecular weight excluding hydrogens is 562 g/mol. The summed E-state index contributed by atoms with van der Waals surface area (Å²) in [6.07, 6.45) is -18.8. The molecule has 0 radical (unpaired) electrons. The third kappa shape index (κ3) is 5.59. The van der Waals surface area contributed by atoms with Gasteiger partial charge in [0.15, 0.2) is 0 Å². The highest BCUT2D eigenvalue weighted by molar-refractivity contribution is 7.95. The molecule has 0 aliphatic carbocycles. The molecule has 2 nitrogen and oxygen atoms in total. The van der Waals surface area contributed by atoms with Crippen molar-refractivity contribution in [2.24, 2.45) is 0 Å². The number of hydrogen-bond donors (Lipinski definition) is 0. The van der Waals surface area contributed by atoms with Crippen LogP contribution in [-0.2, 0) is 9.12 Å². The van der Waals surface area contributed by atoms with Gasteiger partial charge in [0.1, 0.15) is 5.25 Å². The normalized spacial score (nSPS) is 17.5. The van der Waals surface area contributed by atoms with Gasteiger partial charge in [-0.15, -0.1) is 18.1 Å². The molecule has 206 valence electrons. The van der Waals surface area contributed by atoms with E-state index in [2.05, 4.69) is 17.3 Å². The third-order valence-electron chi connectivity index (χ3n) is 3.57. The first-order valence-corrected chi connectivity index (χ1v) is 8.24. The molecule has 21 heteroatoms. The molecule has 0 bridgehead atoms. The summed E-state index contributed by atoms with van der Waals surface area (Å²) in [5, 5.41) is -4.52. The van der Waals surface area contributed by atoms with Crippen LogP contribution in [0.5, 0.6) is 0 Å². The first-order chi connectivity index (χ1) is 14.7. The lowest BCUT2D eigenvalue weighted by Gasteiger charge is -2.41. The Bertz CT molecular complexity index is 659. The first kappa shape index (κ1) is 34.9. The summed E-state index contributed by atoms with van der Waals surface area (Å²) in [6.45, 7) is 6.00. The lowest BCUT2D eigenvalue weighted by atomic mass is 9.92. The van der Waals surface area contributed by atoms with Gasteiger partial charge in [0.2, 0.25) is 0 Å². The Morgan fingerprint density at radius 3 is 1.21 bits per heavy atom. The molecule has 0 fully saturated rings. The molecule has 0 aromatic rings. The molecule has 0 N–H and O–H groups in total. The van der Waals surface area contributed by atoms with Crippen LogP contribution in [0.1, 0.15) is 6.42 Å². The quantitative estimate of drug-likeness (QED) is 0.152. The summed E-state index contributed by atoms with van der Waals surface area (Å²) in [4.78, 5) is 1.62. The van der Waals surface area contributed by atoms with Crippen molar-refractivity contribution in [3.05, 3.63) is 13.2 Å². The van der Waals surface area contributed by atoms with Gasteiger partial charge in [0, 0.05) is 18.5 Å². The molecule has 2 unspecified atom stereocenters. The highest BCUT2D eigenvalue weighted by atomic mass is 32.2. The lowest BCUT2D eigenvalue weighted by Crippen LogP contribution is -2.68. The fourth-order valence-corrected chi connectivity index (χ4v) is 2.62. The number of rotatable bonds is 10. The molecule has 0 rings (SSSR count). The number of hydrogen-bond acceptors (Lipinski definition) is 3. The van der Waals surface area contributed by atoms with Gasteiger partial charge in [-0.2, -0.15) is 70.2 Å². The van der Waals surface area contributed by atoms with Crippen LogP contribution in [0.25, 0.3) is 0 Å². The van der Waals surface area contributed by atoms with Gasteiger partial charge in [-0.1, -0.05) is 0 Å². The molecule has 0 aromatic heterocycles. The van der Waals surface area contributed by atoms with E-state index in [0.717, 1.165) is 0 Å². The minimum Gasteiger partial charge on any atom is -0.318 e. The van der Waals surface area contributed by atoms with E-state index in [0.29, 0.717) is 0 Å². The fraction of sp³-hybridized carbons (Fsp3) is 0.846. The smallest absolute Gasteiger partial charge is 0.318 e. The van der Waals surface area contributed by atoms with Crippen LogP contribution in [0, 0.1) is 0 Å². The van der Waals surface area contributed by atoms with Gasteiger partial charge in [-0.05, 0) is 4.53 Å². The monoisotopic (exact) mass is 572 g/mol. The average molecular weight is 572 g/mol. The van der Waals surface area contributed by atoms with E-state index in [1.807, 2.05) is 0 Å². The van der Waals surface area contributed by atoms with Crippen LogP contribution in [0.2, 0.25) is 0 Å². The zero-order valence-corrected chi connectivity index (χ0v) is 16.5. The van der Waals surface area contributed by atoms with Crippen molar-refractivity contribution in [2.75, 3.05) is 7.11 Å². The van der Waals surface area contributed by atoms with Crippen molar-refractivity contribution in [1.82, 2.24) is 0 Å². The fourth-order valence-electron chi connectivity index (χ4n) is 1.80. The van der Waals surface area contributed by atoms with Crippen LogP contribution in [0.3, 0.4) is 0 Å². The first-order valence-electron chi connectivity index (χ1n) is 7.43. The van der Waals surface area contributed by atoms with Gasteiger partial charge < -0.3 is 4.18 Å². The molecule has 0 spiro atoms. The van der Waals surface area contributed by atoms with Crippen LogP contribution in [-0.4, -0.2) is 60.2 Å². The molecule has 0 aliphatic rings. The van der Waals surface area contributed by atoms with Gasteiger partial charge in [-0.3, -0.25) is 0 Å². The van der Waals surface area contributed by atoms with Crippen molar-refractivity contribution in [3.8, 4) is 0 Å². The molecular formula is C13H10F18O2S. The minimum absolute atomic E-state index is 0.0942. The molecule has 0 heterocycles. The lowest BCUT2D eigenvalue weighted by molar-refractivity contribution is -0.448. The Morgan fingerprint density at radius 1 is 0.618 bits per heavy atom. The minimum atomic E-state index is -7.68. The Kier molecular flexibility index (Phi) is 10.7. The molecule has 34 heavy (non-hydrogen) atoms. The summed E-state index contributed by atoms with van der Waals surface area (Å²) >= 11 is -1.54. The maximum atomic E-state index is 14.2. The van der Waals surface area contributed by atoms with Crippen molar-refractivity contribution in [2.45, 2.75) is 59.5 Å². The van der Waals surface area contributed by atoms with E-state index in [4.69, 9.17) is 0 Å². The van der Waals surface area contributed by atoms with Crippen LogP contribution in [0.4, 0.5) is 79.2 Å². The van der Waals surface area contributed by atoms with Gasteiger partial charge in [0.25, 0.3) is 0 Å². The number of alkyl halides is 17. The number of halogens is 18. The van der Waals surface area contributed by atoms with Crippen LogP contribution in [0.15, 0.2) is 13.2 Å². The molecule has 0 saturated heterocycles. The topological polar surface area (TPSA) is 18.5 Å². The standard InChI is InChI=1S/C11H6F18O2S.C2H4/c1-30-32-3(2-4(12,13)6(15,16)8(19,20)10(23,24)25)5(14,31-29)7(17,18)9(21,22)11(26,27)28;1-2/h3H,2H2,1H3;1-2H2. The Morgan fingerprint density at radius 2 is 0.941 bits per heavy atom. The summed E-state index contributed by atoms with van der Waals surface area (Å²) in [7, 11) is 0.0942. The third-order valence-corrected chi connectivity index (χ3v) is 4.46. The summed E-state index contributed by atoms with van der Waals surface area (Å²) in [5.41, 5.74) is 0. The van der Waals surface area contributed by atoms with Crippen molar-refractivity contribution in [1.29, 1.82) is 0 Å². The van der Waals surface area contributed by atoms with E-state index in [1.54, 1.807) is 4.94 Å². The van der Waals surface area contributed by atoms with Crippen molar-refractivity contribution in [3.63, 3.8) is 0 Å². The highest BCUT2D eigenvalue weighted by Crippen LogP contribution is 2.59. The molecule has 2 atom stereocenters. The molecule has 0 aliphatic heterocycles. The highest BCUT2D eigenvalue weighted by Gasteiger charge is 2.86. The second-order valence-corrected chi connectivity index (χ2v) is 6.77. The molecule has 0 amide bonds. The Hall–Kier alpha value is -1.25. The van der Waals surface area contributed by atoms with Crippen LogP contribution >= 0.6 is 12.0 Å². The summed E-state index contributed by atoms with van der Waals surface area (Å²) in [5.74, 6) is -44.3. The molecule has 0 saturated carbocycles. The summed E-state index contributed by atoms with van der Waals surface area (Å²) < 4.78 is 235. The predicted octanol–water partition coefficient (Wildman–Crippen LogP) is 7.71. The van der Waals surface area contributed by atoms with Crippen molar-refractivity contribution >= 4 is 12.0 Å². The summed E-state index contributed by atoms with van der Waals surface area (Å²) in [6, 6.07) is 0. The van der Waals surface area contributed by atoms with Gasteiger partial charge in [0.05, 0.1) is 7.11 Å². The van der Waals surface area contributed by atoms with Crippen LogP contribution < -0.4 is 0 Å². The zero-order valence-electron chi connectivity index (χ0n) is 15.7. The molecule has 0 aromatic carbocycles. The zero-order chi connectivity index (χ0) is 28.4. The second kappa shape index (κ2) is 10.4. The SMILES string of the molecule is C=C.COSC(CC(F)(F)C(F)(F)C(F)(F)C(F)(F)F)C(F)(OF)C(F)(F)C(F)(F)C(F)(F)F. The maximum Gasteiger partial charge on any atom is 0.460 e. The van der Waals surface area contributed by atoms with E-state index >= 15 is 0 Å². The van der Waals surface area contributed by atoms with Gasteiger partial charge >= 0.3 is 47.8 Å². The van der Waals surface area contributed by atoms with E-state index in [9.17, 15) is 79.2 Å². The Balaban J connectivity index is 0. The van der Waals surface area contributed by atoms with Gasteiger partial charge in [-0.25, -0.2) is 4.39 Å². The second-order valence-electron chi connectivity index (χ2n) is 5.68. The predicted molar refractivity (Wildman–Crippen MR) is 77.1 cm³/mol. The van der Waals surface area contributed by atoms with E-state index < -0.39 is 71.5 Å². The Labute approximate surface area is 181 Å². The van der Waals surface area contributed by atoms with Crippen molar-refractivity contribution < 1.29 is 88.3 Å². The maximum absolute atomic E-state index is 14.2. The average Bonchev–Trinajstić information content (AvgIpc) is 2.66. The largest absolute Gasteiger partial charge is 0.460 e. The van der Waals surface area contributed by atoms with E-state index in [1.165, 1.54) is 0 Å². The van der Waals surface area contributed by atoms with E-state index in [-0.39, 0.29) is 7.11 Å².